The van der Waals surface area contributed by atoms with E-state index in [4.69, 9.17) is 4.74 Å². The van der Waals surface area contributed by atoms with Gasteiger partial charge in [0.2, 0.25) is 0 Å². The second kappa shape index (κ2) is 6.19. The number of rotatable bonds is 3. The smallest absolute Gasteiger partial charge is 0.119 e. The van der Waals surface area contributed by atoms with Gasteiger partial charge in [-0.05, 0) is 61.1 Å². The largest absolute Gasteiger partial charge is 0.497 e. The van der Waals surface area contributed by atoms with E-state index in [0.717, 1.165) is 5.75 Å². The summed E-state index contributed by atoms with van der Waals surface area (Å²) in [7, 11) is 1.75. The molecule has 2 nitrogen and oxygen atoms in total. The molecule has 0 bridgehead atoms. The van der Waals surface area contributed by atoms with E-state index in [-0.39, 0.29) is 0 Å². The van der Waals surface area contributed by atoms with Crippen LogP contribution in [0.2, 0.25) is 0 Å². The van der Waals surface area contributed by atoms with Crippen LogP contribution in [-0.4, -0.2) is 24.7 Å². The van der Waals surface area contributed by atoms with Gasteiger partial charge < -0.3 is 10.1 Å². The van der Waals surface area contributed by atoms with Crippen LogP contribution in [-0.2, 0) is 6.42 Å². The van der Waals surface area contributed by atoms with Gasteiger partial charge in [0.15, 0.2) is 0 Å². The van der Waals surface area contributed by atoms with Crippen LogP contribution >= 0.6 is 11.8 Å². The summed E-state index contributed by atoms with van der Waals surface area (Å²) in [5.41, 5.74) is 2.98. The van der Waals surface area contributed by atoms with E-state index < -0.39 is 0 Å². The Morgan fingerprint density at radius 3 is 3.00 bits per heavy atom. The number of thioether (sulfide) groups is 1. The van der Waals surface area contributed by atoms with Crippen molar-refractivity contribution < 1.29 is 4.74 Å². The van der Waals surface area contributed by atoms with Gasteiger partial charge in [0.25, 0.3) is 0 Å². The molecule has 1 N–H and O–H groups in total. The summed E-state index contributed by atoms with van der Waals surface area (Å²) in [5, 5.41) is 3.89. The molecule has 1 saturated heterocycles. The molecule has 0 saturated carbocycles. The van der Waals surface area contributed by atoms with Crippen LogP contribution in [0.5, 0.6) is 5.75 Å². The Morgan fingerprint density at radius 2 is 2.21 bits per heavy atom. The average Bonchev–Trinajstić information content (AvgIpc) is 2.48. The third kappa shape index (κ3) is 3.09. The molecule has 0 spiro atoms. The quantitative estimate of drug-likeness (QED) is 0.913. The summed E-state index contributed by atoms with van der Waals surface area (Å²) in [5.74, 6) is 3.62. The number of hydrogen-bond donors (Lipinski definition) is 1. The second-order valence-corrected chi connectivity index (χ2v) is 6.74. The molecule has 1 aromatic rings. The Bertz CT molecular complexity index is 429. The highest BCUT2D eigenvalue weighted by Crippen LogP contribution is 2.33. The van der Waals surface area contributed by atoms with Crippen molar-refractivity contribution in [2.45, 2.75) is 44.2 Å². The molecule has 3 heteroatoms. The first-order valence-electron chi connectivity index (χ1n) is 7.37. The molecule has 2 unspecified atom stereocenters. The van der Waals surface area contributed by atoms with Gasteiger partial charge in [-0.2, -0.15) is 11.8 Å². The zero-order chi connectivity index (χ0) is 13.1. The maximum Gasteiger partial charge on any atom is 0.119 e. The fourth-order valence-electron chi connectivity index (χ4n) is 3.25. The van der Waals surface area contributed by atoms with E-state index in [1.807, 2.05) is 0 Å². The number of aryl methyl sites for hydroxylation is 1. The van der Waals surface area contributed by atoms with Crippen molar-refractivity contribution in [1.82, 2.24) is 5.32 Å². The number of nitrogens with one attached hydrogen (secondary N) is 1. The molecule has 0 amide bonds. The standard InChI is InChI=1S/C16H23NOS/c1-18-14-7-8-15-12(10-14)4-2-6-16(15)17-13-5-3-9-19-11-13/h7-8,10,13,16-17H,2-6,9,11H2,1H3. The van der Waals surface area contributed by atoms with E-state index in [0.29, 0.717) is 12.1 Å². The summed E-state index contributed by atoms with van der Waals surface area (Å²) in [4.78, 5) is 0. The zero-order valence-corrected chi connectivity index (χ0v) is 12.5. The van der Waals surface area contributed by atoms with Gasteiger partial charge in [-0.3, -0.25) is 0 Å². The first kappa shape index (κ1) is 13.3. The predicted molar refractivity (Wildman–Crippen MR) is 82.2 cm³/mol. The van der Waals surface area contributed by atoms with Gasteiger partial charge in [0.1, 0.15) is 5.75 Å². The fraction of sp³-hybridized carbons (Fsp3) is 0.625. The molecule has 2 atom stereocenters. The molecule has 19 heavy (non-hydrogen) atoms. The maximum absolute atomic E-state index is 5.34. The summed E-state index contributed by atoms with van der Waals surface area (Å²) < 4.78 is 5.34. The summed E-state index contributed by atoms with van der Waals surface area (Å²) in [6.07, 6.45) is 6.47. The third-order valence-corrected chi connectivity index (χ3v) is 5.48. The van der Waals surface area contributed by atoms with Gasteiger partial charge >= 0.3 is 0 Å². The molecule has 3 rings (SSSR count). The summed E-state index contributed by atoms with van der Waals surface area (Å²) in [6.45, 7) is 0. The lowest BCUT2D eigenvalue weighted by molar-refractivity contribution is 0.389. The number of methoxy groups -OCH3 is 1. The predicted octanol–water partition coefficient (Wildman–Crippen LogP) is 3.56. The monoisotopic (exact) mass is 277 g/mol. The average molecular weight is 277 g/mol. The van der Waals surface area contributed by atoms with E-state index >= 15 is 0 Å². The highest BCUT2D eigenvalue weighted by molar-refractivity contribution is 7.99. The first-order chi connectivity index (χ1) is 9.36. The van der Waals surface area contributed by atoms with Crippen LogP contribution in [0.1, 0.15) is 42.9 Å². The Morgan fingerprint density at radius 1 is 1.26 bits per heavy atom. The van der Waals surface area contributed by atoms with E-state index in [1.54, 1.807) is 7.11 Å². The van der Waals surface area contributed by atoms with E-state index in [9.17, 15) is 0 Å². The lowest BCUT2D eigenvalue weighted by atomic mass is 9.87. The van der Waals surface area contributed by atoms with Crippen molar-refractivity contribution >= 4 is 11.8 Å². The van der Waals surface area contributed by atoms with Crippen LogP contribution in [0.15, 0.2) is 18.2 Å². The zero-order valence-electron chi connectivity index (χ0n) is 11.7. The van der Waals surface area contributed by atoms with Gasteiger partial charge in [0.05, 0.1) is 7.11 Å². The van der Waals surface area contributed by atoms with Crippen LogP contribution in [0, 0.1) is 0 Å². The van der Waals surface area contributed by atoms with Crippen molar-refractivity contribution in [1.29, 1.82) is 0 Å². The fourth-order valence-corrected chi connectivity index (χ4v) is 4.33. The van der Waals surface area contributed by atoms with E-state index in [2.05, 4.69) is 35.3 Å². The minimum absolute atomic E-state index is 0.554. The number of ether oxygens (including phenoxy) is 1. The molecule has 1 fully saturated rings. The lowest BCUT2D eigenvalue weighted by Gasteiger charge is -2.32. The van der Waals surface area contributed by atoms with Gasteiger partial charge in [-0.1, -0.05) is 6.07 Å². The minimum Gasteiger partial charge on any atom is -0.497 e. The van der Waals surface area contributed by atoms with Crippen molar-refractivity contribution in [3.05, 3.63) is 29.3 Å². The second-order valence-electron chi connectivity index (χ2n) is 5.59. The van der Waals surface area contributed by atoms with E-state index in [1.165, 1.54) is 54.7 Å². The molecule has 1 aliphatic heterocycles. The van der Waals surface area contributed by atoms with Crippen molar-refractivity contribution in [3.8, 4) is 5.75 Å². The molecular weight excluding hydrogens is 254 g/mol. The summed E-state index contributed by atoms with van der Waals surface area (Å²) in [6, 6.07) is 7.85. The SMILES string of the molecule is COc1ccc2c(c1)CCCC2NC1CCCSC1. The van der Waals surface area contributed by atoms with Gasteiger partial charge in [-0.25, -0.2) is 0 Å². The van der Waals surface area contributed by atoms with Crippen LogP contribution in [0.4, 0.5) is 0 Å². The third-order valence-electron chi connectivity index (χ3n) is 4.26. The molecule has 0 aromatic heterocycles. The van der Waals surface area contributed by atoms with Crippen molar-refractivity contribution in [2.24, 2.45) is 0 Å². The molecule has 2 aliphatic rings. The van der Waals surface area contributed by atoms with Crippen LogP contribution in [0.25, 0.3) is 0 Å². The molecule has 1 heterocycles. The van der Waals surface area contributed by atoms with Crippen LogP contribution < -0.4 is 10.1 Å². The number of hydrogen-bond acceptors (Lipinski definition) is 3. The minimum atomic E-state index is 0.554. The summed E-state index contributed by atoms with van der Waals surface area (Å²) >= 11 is 2.10. The topological polar surface area (TPSA) is 21.3 Å². The maximum atomic E-state index is 5.34. The van der Waals surface area contributed by atoms with Gasteiger partial charge in [-0.15, -0.1) is 0 Å². The Hall–Kier alpha value is -0.670. The first-order valence-corrected chi connectivity index (χ1v) is 8.53. The molecule has 104 valence electrons. The number of fused-ring (bicyclic) bond motifs is 1. The highest BCUT2D eigenvalue weighted by Gasteiger charge is 2.24. The Labute approximate surface area is 120 Å². The Balaban J connectivity index is 1.74. The lowest BCUT2D eigenvalue weighted by Crippen LogP contribution is -2.38. The van der Waals surface area contributed by atoms with Gasteiger partial charge in [0, 0.05) is 17.8 Å². The molecule has 1 aromatic carbocycles. The Kier molecular flexibility index (Phi) is 4.34. The molecule has 1 aliphatic carbocycles. The van der Waals surface area contributed by atoms with Crippen LogP contribution in [0.3, 0.4) is 0 Å². The van der Waals surface area contributed by atoms with Crippen molar-refractivity contribution in [2.75, 3.05) is 18.6 Å². The molecular formula is C16H23NOS. The number of benzene rings is 1. The molecule has 0 radical (unpaired) electrons. The van der Waals surface area contributed by atoms with Crippen molar-refractivity contribution in [3.63, 3.8) is 0 Å². The highest BCUT2D eigenvalue weighted by atomic mass is 32.2. The normalized spacial score (nSPS) is 26.8.